The van der Waals surface area contributed by atoms with Gasteiger partial charge in [0.2, 0.25) is 0 Å². The van der Waals surface area contributed by atoms with E-state index in [0.29, 0.717) is 6.61 Å². The van der Waals surface area contributed by atoms with Crippen LogP contribution in [0.1, 0.15) is 18.5 Å². The topological polar surface area (TPSA) is 33.6 Å². The van der Waals surface area contributed by atoms with Gasteiger partial charge in [-0.05, 0) is 17.7 Å². The zero-order chi connectivity index (χ0) is 14.5. The molecule has 0 radical (unpaired) electrons. The number of para-hydroxylation sites is 1. The van der Waals surface area contributed by atoms with Crippen molar-refractivity contribution in [2.75, 3.05) is 18.5 Å². The molecule has 0 saturated heterocycles. The molecule has 2 atom stereocenters. The zero-order valence-corrected chi connectivity index (χ0v) is 12.2. The van der Waals surface area contributed by atoms with Crippen molar-refractivity contribution in [2.24, 2.45) is 10.9 Å². The van der Waals surface area contributed by atoms with Crippen molar-refractivity contribution in [1.29, 1.82) is 0 Å². The molecule has 3 nitrogen and oxygen atoms in total. The van der Waals surface area contributed by atoms with Crippen LogP contribution in [0.5, 0.6) is 0 Å². The highest BCUT2D eigenvalue weighted by Gasteiger charge is 2.26. The normalized spacial score (nSPS) is 16.7. The number of hydrogen-bond donors (Lipinski definition) is 1. The fraction of sp³-hybridized carbons (Fsp3) is 0.278. The molecular weight excluding hydrogens is 260 g/mol. The quantitative estimate of drug-likeness (QED) is 0.901. The van der Waals surface area contributed by atoms with Gasteiger partial charge in [-0.3, -0.25) is 4.99 Å². The first-order valence-corrected chi connectivity index (χ1v) is 7.38. The van der Waals surface area contributed by atoms with E-state index >= 15 is 0 Å². The van der Waals surface area contributed by atoms with Crippen molar-refractivity contribution < 1.29 is 4.74 Å². The predicted octanol–water partition coefficient (Wildman–Crippen LogP) is 3.90. The van der Waals surface area contributed by atoms with Crippen molar-refractivity contribution >= 4 is 11.6 Å². The summed E-state index contributed by atoms with van der Waals surface area (Å²) >= 11 is 0. The smallest absolute Gasteiger partial charge is 0.188 e. The number of nitrogens with one attached hydrogen (secondary N) is 1. The highest BCUT2D eigenvalue weighted by molar-refractivity contribution is 5.81. The van der Waals surface area contributed by atoms with Gasteiger partial charge in [-0.2, -0.15) is 0 Å². The fourth-order valence-corrected chi connectivity index (χ4v) is 2.64. The van der Waals surface area contributed by atoms with Crippen LogP contribution in [0.4, 0.5) is 5.69 Å². The van der Waals surface area contributed by atoms with Crippen LogP contribution >= 0.6 is 0 Å². The average molecular weight is 280 g/mol. The third-order valence-electron chi connectivity index (χ3n) is 3.75. The standard InChI is InChI=1S/C18H20N2O/c1-14(18-19-12-13-21-18)17(15-8-4-2-5-9-15)20-16-10-6-3-7-11-16/h2-11,14,17,20H,12-13H2,1H3/t14-,17+/m0/s1. The second kappa shape index (κ2) is 6.44. The lowest BCUT2D eigenvalue weighted by molar-refractivity contribution is 0.319. The molecule has 0 spiro atoms. The molecule has 1 aliphatic rings. The van der Waals surface area contributed by atoms with Crippen molar-refractivity contribution in [3.05, 3.63) is 66.2 Å². The van der Waals surface area contributed by atoms with Gasteiger partial charge in [0.25, 0.3) is 0 Å². The first-order chi connectivity index (χ1) is 10.3. The lowest BCUT2D eigenvalue weighted by Gasteiger charge is -2.26. The molecule has 0 saturated carbocycles. The Kier molecular flexibility index (Phi) is 4.20. The van der Waals surface area contributed by atoms with Crippen LogP contribution in [0.25, 0.3) is 0 Å². The monoisotopic (exact) mass is 280 g/mol. The average Bonchev–Trinajstić information content (AvgIpc) is 3.08. The van der Waals surface area contributed by atoms with Gasteiger partial charge in [0.1, 0.15) is 6.61 Å². The number of anilines is 1. The summed E-state index contributed by atoms with van der Waals surface area (Å²) in [7, 11) is 0. The number of rotatable bonds is 5. The molecule has 2 aromatic rings. The van der Waals surface area contributed by atoms with Crippen LogP contribution in [0.3, 0.4) is 0 Å². The highest BCUT2D eigenvalue weighted by atomic mass is 16.5. The number of benzene rings is 2. The highest BCUT2D eigenvalue weighted by Crippen LogP contribution is 2.28. The second-order valence-electron chi connectivity index (χ2n) is 5.26. The van der Waals surface area contributed by atoms with Crippen LogP contribution in [0.15, 0.2) is 65.7 Å². The van der Waals surface area contributed by atoms with E-state index in [9.17, 15) is 0 Å². The molecule has 0 bridgehead atoms. The summed E-state index contributed by atoms with van der Waals surface area (Å²) in [5.74, 6) is 1.04. The van der Waals surface area contributed by atoms with E-state index in [1.165, 1.54) is 5.56 Å². The van der Waals surface area contributed by atoms with E-state index in [1.807, 2.05) is 24.3 Å². The van der Waals surface area contributed by atoms with Gasteiger partial charge in [-0.1, -0.05) is 55.5 Å². The van der Waals surface area contributed by atoms with Crippen molar-refractivity contribution in [2.45, 2.75) is 13.0 Å². The molecular formula is C18H20N2O. The molecule has 1 heterocycles. The van der Waals surface area contributed by atoms with Crippen LogP contribution in [0.2, 0.25) is 0 Å². The Hall–Kier alpha value is -2.29. The Morgan fingerprint density at radius 1 is 1.00 bits per heavy atom. The van der Waals surface area contributed by atoms with Crippen molar-refractivity contribution in [3.8, 4) is 0 Å². The lowest BCUT2D eigenvalue weighted by atomic mass is 9.94. The Balaban J connectivity index is 1.87. The maximum absolute atomic E-state index is 5.66. The Morgan fingerprint density at radius 3 is 2.29 bits per heavy atom. The molecule has 2 aromatic carbocycles. The van der Waals surface area contributed by atoms with E-state index in [2.05, 4.69) is 53.6 Å². The van der Waals surface area contributed by atoms with Gasteiger partial charge >= 0.3 is 0 Å². The van der Waals surface area contributed by atoms with Gasteiger partial charge in [-0.15, -0.1) is 0 Å². The molecule has 108 valence electrons. The van der Waals surface area contributed by atoms with Crippen LogP contribution in [-0.4, -0.2) is 19.0 Å². The summed E-state index contributed by atoms with van der Waals surface area (Å²) < 4.78 is 5.66. The van der Waals surface area contributed by atoms with E-state index in [1.54, 1.807) is 0 Å². The molecule has 21 heavy (non-hydrogen) atoms. The van der Waals surface area contributed by atoms with Gasteiger partial charge in [0, 0.05) is 5.69 Å². The molecule has 0 aliphatic carbocycles. The molecule has 1 aliphatic heterocycles. The van der Waals surface area contributed by atoms with Crippen LogP contribution in [0, 0.1) is 5.92 Å². The van der Waals surface area contributed by atoms with Crippen molar-refractivity contribution in [3.63, 3.8) is 0 Å². The maximum atomic E-state index is 5.66. The lowest BCUT2D eigenvalue weighted by Crippen LogP contribution is -2.25. The number of aliphatic imine (C=N–C) groups is 1. The number of hydrogen-bond acceptors (Lipinski definition) is 3. The molecule has 0 amide bonds. The first-order valence-electron chi connectivity index (χ1n) is 7.38. The summed E-state index contributed by atoms with van der Waals surface area (Å²) in [5, 5.41) is 3.61. The Labute approximate surface area is 125 Å². The van der Waals surface area contributed by atoms with E-state index in [0.717, 1.165) is 18.1 Å². The van der Waals surface area contributed by atoms with Crippen LogP contribution in [-0.2, 0) is 4.74 Å². The minimum atomic E-state index is 0.144. The third-order valence-corrected chi connectivity index (χ3v) is 3.75. The van der Waals surface area contributed by atoms with E-state index in [4.69, 9.17) is 4.74 Å². The summed E-state index contributed by atoms with van der Waals surface area (Å²) in [4.78, 5) is 4.48. The second-order valence-corrected chi connectivity index (χ2v) is 5.26. The number of nitrogens with zero attached hydrogens (tertiary/aromatic N) is 1. The largest absolute Gasteiger partial charge is 0.479 e. The minimum Gasteiger partial charge on any atom is -0.479 e. The van der Waals surface area contributed by atoms with Gasteiger partial charge in [0.15, 0.2) is 5.90 Å². The molecule has 3 heteroatoms. The van der Waals surface area contributed by atoms with Crippen molar-refractivity contribution in [1.82, 2.24) is 0 Å². The van der Waals surface area contributed by atoms with E-state index in [-0.39, 0.29) is 12.0 Å². The summed E-state index contributed by atoms with van der Waals surface area (Å²) in [6.07, 6.45) is 0. The summed E-state index contributed by atoms with van der Waals surface area (Å²) in [6.45, 7) is 3.64. The van der Waals surface area contributed by atoms with Gasteiger partial charge < -0.3 is 10.1 Å². The maximum Gasteiger partial charge on any atom is 0.188 e. The summed E-state index contributed by atoms with van der Waals surface area (Å²) in [5.41, 5.74) is 2.35. The zero-order valence-electron chi connectivity index (χ0n) is 12.2. The first kappa shape index (κ1) is 13.7. The minimum absolute atomic E-state index is 0.144. The van der Waals surface area contributed by atoms with Gasteiger partial charge in [0.05, 0.1) is 18.5 Å². The van der Waals surface area contributed by atoms with Gasteiger partial charge in [-0.25, -0.2) is 0 Å². The third kappa shape index (κ3) is 3.24. The Bertz CT molecular complexity index is 595. The number of ether oxygens (including phenoxy) is 1. The molecule has 0 unspecified atom stereocenters. The Morgan fingerprint density at radius 2 is 1.67 bits per heavy atom. The van der Waals surface area contributed by atoms with Crippen LogP contribution < -0.4 is 5.32 Å². The fourth-order valence-electron chi connectivity index (χ4n) is 2.64. The predicted molar refractivity (Wildman–Crippen MR) is 86.7 cm³/mol. The molecule has 0 fully saturated rings. The molecule has 3 rings (SSSR count). The molecule has 1 N–H and O–H groups in total. The SMILES string of the molecule is C[C@H](C1=NCCO1)[C@@H](Nc1ccccc1)c1ccccc1. The summed E-state index contributed by atoms with van der Waals surface area (Å²) in [6, 6.07) is 20.9. The molecule has 0 aromatic heterocycles. The van der Waals surface area contributed by atoms with E-state index < -0.39 is 0 Å².